The van der Waals surface area contributed by atoms with E-state index in [0.717, 1.165) is 25.2 Å². The Labute approximate surface area is 139 Å². The predicted molar refractivity (Wildman–Crippen MR) is 88.1 cm³/mol. The quantitative estimate of drug-likeness (QED) is 0.885. The van der Waals surface area contributed by atoms with Crippen LogP contribution in [0.5, 0.6) is 0 Å². The van der Waals surface area contributed by atoms with Crippen molar-refractivity contribution in [2.45, 2.75) is 18.9 Å². The van der Waals surface area contributed by atoms with Gasteiger partial charge in [0, 0.05) is 30.9 Å². The molecule has 1 unspecified atom stereocenters. The number of hydrogen-bond donors (Lipinski definition) is 2. The summed E-state index contributed by atoms with van der Waals surface area (Å²) in [6.07, 6.45) is 3.49. The molecule has 2 N–H and O–H groups in total. The summed E-state index contributed by atoms with van der Waals surface area (Å²) in [5.41, 5.74) is 0.620. The molecule has 1 amide bonds. The molecule has 7 nitrogen and oxygen atoms in total. The van der Waals surface area contributed by atoms with E-state index in [4.69, 9.17) is 5.11 Å². The fraction of sp³-hybridized carbons (Fsp3) is 0.294. The van der Waals surface area contributed by atoms with Crippen LogP contribution in [-0.4, -0.2) is 46.3 Å². The molecular weight excluding hydrogens is 308 g/mol. The molecule has 1 aliphatic heterocycles. The lowest BCUT2D eigenvalue weighted by Crippen LogP contribution is -2.48. The Hall–Kier alpha value is -2.96. The van der Waals surface area contributed by atoms with Crippen molar-refractivity contribution in [2.24, 2.45) is 0 Å². The molecule has 1 aromatic heterocycles. The van der Waals surface area contributed by atoms with Crippen molar-refractivity contribution in [3.63, 3.8) is 0 Å². The Morgan fingerprint density at radius 2 is 1.92 bits per heavy atom. The summed E-state index contributed by atoms with van der Waals surface area (Å²) < 4.78 is 0. The van der Waals surface area contributed by atoms with Crippen LogP contribution < -0.4 is 10.2 Å². The summed E-state index contributed by atoms with van der Waals surface area (Å²) in [6.45, 7) is 1.57. The van der Waals surface area contributed by atoms with Crippen LogP contribution in [0.25, 0.3) is 0 Å². The van der Waals surface area contributed by atoms with Gasteiger partial charge in [-0.05, 0) is 49.2 Å². The zero-order valence-electron chi connectivity index (χ0n) is 13.1. The lowest BCUT2D eigenvalue weighted by atomic mass is 10.0. The number of nitrogens with zero attached hydrogens (tertiary/aromatic N) is 3. The van der Waals surface area contributed by atoms with Gasteiger partial charge >= 0.3 is 5.97 Å². The van der Waals surface area contributed by atoms with Crippen LogP contribution in [0, 0.1) is 0 Å². The molecule has 0 aliphatic carbocycles. The van der Waals surface area contributed by atoms with E-state index in [1.807, 2.05) is 12.1 Å². The number of carbonyl (C=O) groups is 2. The topological polar surface area (TPSA) is 95.4 Å². The van der Waals surface area contributed by atoms with Crippen LogP contribution in [0.1, 0.15) is 33.6 Å². The molecule has 3 rings (SSSR count). The average molecular weight is 326 g/mol. The maximum Gasteiger partial charge on any atom is 0.335 e. The third-order valence-corrected chi connectivity index (χ3v) is 4.03. The minimum absolute atomic E-state index is 0.0207. The molecule has 1 aliphatic rings. The third-order valence-electron chi connectivity index (χ3n) is 4.03. The molecule has 7 heteroatoms. The Balaban J connectivity index is 1.62. The number of nitrogens with one attached hydrogen (secondary N) is 1. The highest BCUT2D eigenvalue weighted by Crippen LogP contribution is 2.17. The first kappa shape index (κ1) is 15.9. The summed E-state index contributed by atoms with van der Waals surface area (Å²) in [5, 5.41) is 19.9. The summed E-state index contributed by atoms with van der Waals surface area (Å²) in [6, 6.07) is 9.70. The second kappa shape index (κ2) is 7.08. The zero-order chi connectivity index (χ0) is 16.9. The monoisotopic (exact) mass is 326 g/mol. The number of aromatic carboxylic acids is 1. The van der Waals surface area contributed by atoms with Crippen LogP contribution in [0.4, 0.5) is 5.82 Å². The van der Waals surface area contributed by atoms with E-state index < -0.39 is 5.97 Å². The number of rotatable bonds is 4. The van der Waals surface area contributed by atoms with Gasteiger partial charge in [-0.2, -0.15) is 5.10 Å². The fourth-order valence-corrected chi connectivity index (χ4v) is 2.80. The van der Waals surface area contributed by atoms with Crippen molar-refractivity contribution < 1.29 is 14.7 Å². The number of aromatic nitrogens is 2. The van der Waals surface area contributed by atoms with Gasteiger partial charge in [0.15, 0.2) is 5.82 Å². The Kier molecular flexibility index (Phi) is 4.69. The van der Waals surface area contributed by atoms with Gasteiger partial charge in [0.2, 0.25) is 0 Å². The second-order valence-corrected chi connectivity index (χ2v) is 5.72. The van der Waals surface area contributed by atoms with Gasteiger partial charge in [-0.1, -0.05) is 0 Å². The first-order valence-electron chi connectivity index (χ1n) is 7.80. The third kappa shape index (κ3) is 3.68. The normalized spacial score (nSPS) is 17.3. The molecule has 1 aromatic carbocycles. The Morgan fingerprint density at radius 1 is 1.17 bits per heavy atom. The van der Waals surface area contributed by atoms with Gasteiger partial charge in [-0.3, -0.25) is 4.79 Å². The fourth-order valence-electron chi connectivity index (χ4n) is 2.80. The van der Waals surface area contributed by atoms with Crippen molar-refractivity contribution in [1.82, 2.24) is 15.5 Å². The standard InChI is InChI=1S/C17H18N4O3/c22-16(12-5-7-13(8-6-12)17(23)24)19-14-3-2-10-21(11-14)15-4-1-9-18-20-15/h1,4-9,14H,2-3,10-11H2,(H,19,22)(H,23,24). The molecular formula is C17H18N4O3. The van der Waals surface area contributed by atoms with Crippen LogP contribution in [0.15, 0.2) is 42.6 Å². The van der Waals surface area contributed by atoms with E-state index in [9.17, 15) is 9.59 Å². The van der Waals surface area contributed by atoms with Crippen LogP contribution in [-0.2, 0) is 0 Å². The van der Waals surface area contributed by atoms with Crippen molar-refractivity contribution in [1.29, 1.82) is 0 Å². The van der Waals surface area contributed by atoms with E-state index in [1.54, 1.807) is 6.20 Å². The molecule has 0 radical (unpaired) electrons. The minimum Gasteiger partial charge on any atom is -0.478 e. The largest absolute Gasteiger partial charge is 0.478 e. The van der Waals surface area contributed by atoms with Gasteiger partial charge in [0.1, 0.15) is 0 Å². The molecule has 0 spiro atoms. The van der Waals surface area contributed by atoms with E-state index in [1.165, 1.54) is 24.3 Å². The Morgan fingerprint density at radius 3 is 2.58 bits per heavy atom. The lowest BCUT2D eigenvalue weighted by molar-refractivity contribution is 0.0696. The summed E-state index contributed by atoms with van der Waals surface area (Å²) in [7, 11) is 0. The zero-order valence-corrected chi connectivity index (χ0v) is 13.1. The maximum absolute atomic E-state index is 12.3. The van der Waals surface area contributed by atoms with E-state index >= 15 is 0 Å². The highest BCUT2D eigenvalue weighted by atomic mass is 16.4. The van der Waals surface area contributed by atoms with Crippen LogP contribution in [0.3, 0.4) is 0 Å². The maximum atomic E-state index is 12.3. The van der Waals surface area contributed by atoms with Gasteiger partial charge in [-0.25, -0.2) is 4.79 Å². The van der Waals surface area contributed by atoms with E-state index in [2.05, 4.69) is 20.4 Å². The molecule has 24 heavy (non-hydrogen) atoms. The number of carboxylic acid groups (broad SMARTS) is 1. The molecule has 0 bridgehead atoms. The smallest absolute Gasteiger partial charge is 0.335 e. The highest BCUT2D eigenvalue weighted by Gasteiger charge is 2.23. The predicted octanol–water partition coefficient (Wildman–Crippen LogP) is 1.57. The molecule has 1 atom stereocenters. The van der Waals surface area contributed by atoms with Crippen molar-refractivity contribution in [3.05, 3.63) is 53.7 Å². The number of benzene rings is 1. The molecule has 124 valence electrons. The minimum atomic E-state index is -1.01. The number of amides is 1. The molecule has 1 saturated heterocycles. The molecule has 1 fully saturated rings. The van der Waals surface area contributed by atoms with Gasteiger partial charge in [0.05, 0.1) is 5.56 Å². The van der Waals surface area contributed by atoms with Crippen molar-refractivity contribution in [2.75, 3.05) is 18.0 Å². The second-order valence-electron chi connectivity index (χ2n) is 5.72. The van der Waals surface area contributed by atoms with Gasteiger partial charge in [0.25, 0.3) is 5.91 Å². The Bertz CT molecular complexity index is 718. The number of piperidine rings is 1. The number of hydrogen-bond acceptors (Lipinski definition) is 5. The summed E-state index contributed by atoms with van der Waals surface area (Å²) >= 11 is 0. The van der Waals surface area contributed by atoms with E-state index in [-0.39, 0.29) is 17.5 Å². The van der Waals surface area contributed by atoms with Crippen LogP contribution in [0.2, 0.25) is 0 Å². The summed E-state index contributed by atoms with van der Waals surface area (Å²) in [5.74, 6) is -0.394. The summed E-state index contributed by atoms with van der Waals surface area (Å²) in [4.78, 5) is 25.3. The number of carboxylic acids is 1. The SMILES string of the molecule is O=C(O)c1ccc(C(=O)NC2CCCN(c3cccnn3)C2)cc1. The van der Waals surface area contributed by atoms with Gasteiger partial charge < -0.3 is 15.3 Å². The van der Waals surface area contributed by atoms with Gasteiger partial charge in [-0.15, -0.1) is 5.10 Å². The molecule has 2 heterocycles. The number of carbonyl (C=O) groups excluding carboxylic acids is 1. The average Bonchev–Trinajstić information content (AvgIpc) is 2.63. The molecule has 0 saturated carbocycles. The molecule has 2 aromatic rings. The first-order chi connectivity index (χ1) is 11.6. The van der Waals surface area contributed by atoms with Crippen molar-refractivity contribution >= 4 is 17.7 Å². The first-order valence-corrected chi connectivity index (χ1v) is 7.80. The number of anilines is 1. The van der Waals surface area contributed by atoms with Crippen molar-refractivity contribution in [3.8, 4) is 0 Å². The highest BCUT2D eigenvalue weighted by molar-refractivity contribution is 5.96. The van der Waals surface area contributed by atoms with Crippen LogP contribution >= 0.6 is 0 Å². The lowest BCUT2D eigenvalue weighted by Gasteiger charge is -2.33. The van der Waals surface area contributed by atoms with E-state index in [0.29, 0.717) is 12.1 Å².